The van der Waals surface area contributed by atoms with Crippen molar-refractivity contribution in [3.05, 3.63) is 48.2 Å². The molecule has 23 heavy (non-hydrogen) atoms. The number of aliphatic hydroxyl groups excluding tert-OH is 1. The van der Waals surface area contributed by atoms with Gasteiger partial charge in [-0.25, -0.2) is 4.98 Å². The average Bonchev–Trinajstić information content (AvgIpc) is 3.14. The van der Waals surface area contributed by atoms with Crippen LogP contribution in [0.25, 0.3) is 0 Å². The van der Waals surface area contributed by atoms with Gasteiger partial charge < -0.3 is 19.6 Å². The van der Waals surface area contributed by atoms with E-state index < -0.39 is 6.10 Å². The number of carbonyl (C=O) groups excluding carboxylic acids is 1. The summed E-state index contributed by atoms with van der Waals surface area (Å²) in [6.07, 6.45) is 2.05. The minimum Gasteiger partial charge on any atom is -0.488 e. The van der Waals surface area contributed by atoms with E-state index >= 15 is 0 Å². The van der Waals surface area contributed by atoms with E-state index in [0.29, 0.717) is 12.4 Å². The molecule has 1 aromatic heterocycles. The predicted octanol–water partition coefficient (Wildman–Crippen LogP) is 1.93. The van der Waals surface area contributed by atoms with Gasteiger partial charge in [0, 0.05) is 19.4 Å². The molecular weight excluding hydrogens is 296 g/mol. The van der Waals surface area contributed by atoms with Crippen LogP contribution in [0, 0.1) is 12.8 Å². The molecule has 0 aliphatic heterocycles. The number of oxazole rings is 1. The topological polar surface area (TPSA) is 84.6 Å². The number of aryl methyl sites for hydroxylation is 1. The van der Waals surface area contributed by atoms with Crippen molar-refractivity contribution in [3.63, 3.8) is 0 Å². The van der Waals surface area contributed by atoms with Crippen LogP contribution in [-0.4, -0.2) is 34.8 Å². The van der Waals surface area contributed by atoms with Crippen molar-refractivity contribution in [1.29, 1.82) is 0 Å². The van der Waals surface area contributed by atoms with E-state index in [0.717, 1.165) is 18.6 Å². The Morgan fingerprint density at radius 2 is 2.17 bits per heavy atom. The smallest absolute Gasteiger partial charge is 0.273 e. The fraction of sp³-hybridized carbons (Fsp3) is 0.412. The highest BCUT2D eigenvalue weighted by molar-refractivity contribution is 5.91. The lowest BCUT2D eigenvalue weighted by Gasteiger charge is -2.21. The summed E-state index contributed by atoms with van der Waals surface area (Å²) in [5.74, 6) is 0.883. The lowest BCUT2D eigenvalue weighted by molar-refractivity contribution is 0.0348. The Balaban J connectivity index is 1.51. The zero-order valence-electron chi connectivity index (χ0n) is 12.9. The van der Waals surface area contributed by atoms with Crippen molar-refractivity contribution in [1.82, 2.24) is 10.3 Å². The van der Waals surface area contributed by atoms with Gasteiger partial charge in [-0.05, 0) is 25.0 Å². The van der Waals surface area contributed by atoms with E-state index in [9.17, 15) is 9.90 Å². The summed E-state index contributed by atoms with van der Waals surface area (Å²) in [5.41, 5.74) is 0.257. The number of hydrogen-bond donors (Lipinski definition) is 2. The maximum absolute atomic E-state index is 11.9. The van der Waals surface area contributed by atoms with E-state index in [1.165, 1.54) is 6.26 Å². The van der Waals surface area contributed by atoms with Gasteiger partial charge >= 0.3 is 0 Å². The van der Waals surface area contributed by atoms with Gasteiger partial charge in [0.2, 0.25) is 0 Å². The minimum absolute atomic E-state index is 0.0272. The van der Waals surface area contributed by atoms with Crippen LogP contribution in [-0.2, 0) is 0 Å². The number of amides is 1. The van der Waals surface area contributed by atoms with Crippen LogP contribution >= 0.6 is 0 Å². The third-order valence-corrected chi connectivity index (χ3v) is 4.09. The summed E-state index contributed by atoms with van der Waals surface area (Å²) < 4.78 is 10.8. The third kappa shape index (κ3) is 3.71. The Hall–Kier alpha value is -2.34. The standard InChI is InChI=1S/C17H20N2O4/c1-11-19-14(10-22-11)17(21)18-9-12-7-8-15(16(12)20)23-13-5-3-2-4-6-13/h2-6,10,12,15-16,20H,7-9H2,1H3,(H,18,21)/t12-,15-,16-/m1/s1. The summed E-state index contributed by atoms with van der Waals surface area (Å²) in [4.78, 5) is 15.9. The highest BCUT2D eigenvalue weighted by Gasteiger charge is 2.36. The number of nitrogens with one attached hydrogen (secondary N) is 1. The molecule has 1 heterocycles. The first-order valence-electron chi connectivity index (χ1n) is 7.73. The molecular formula is C17H20N2O4. The van der Waals surface area contributed by atoms with Crippen molar-refractivity contribution in [2.45, 2.75) is 32.0 Å². The van der Waals surface area contributed by atoms with Gasteiger partial charge in [0.05, 0.1) is 6.10 Å². The summed E-state index contributed by atoms with van der Waals surface area (Å²) in [7, 11) is 0. The molecule has 2 aromatic rings. The van der Waals surface area contributed by atoms with Crippen molar-refractivity contribution >= 4 is 5.91 Å². The van der Waals surface area contributed by atoms with Crippen molar-refractivity contribution in [2.24, 2.45) is 5.92 Å². The van der Waals surface area contributed by atoms with Crippen LogP contribution in [0.3, 0.4) is 0 Å². The molecule has 0 spiro atoms. The van der Waals surface area contributed by atoms with Crippen molar-refractivity contribution in [3.8, 4) is 5.75 Å². The Morgan fingerprint density at radius 1 is 1.39 bits per heavy atom. The first kappa shape index (κ1) is 15.6. The minimum atomic E-state index is -0.602. The molecule has 0 unspecified atom stereocenters. The first-order chi connectivity index (χ1) is 11.1. The molecule has 0 radical (unpaired) electrons. The van der Waals surface area contributed by atoms with Crippen LogP contribution in [0.2, 0.25) is 0 Å². The number of rotatable bonds is 5. The third-order valence-electron chi connectivity index (χ3n) is 4.09. The molecule has 3 rings (SSSR count). The number of hydrogen-bond acceptors (Lipinski definition) is 5. The maximum Gasteiger partial charge on any atom is 0.273 e. The van der Waals surface area contributed by atoms with E-state index in [4.69, 9.17) is 9.15 Å². The van der Waals surface area contributed by atoms with E-state index in [1.54, 1.807) is 6.92 Å². The lowest BCUT2D eigenvalue weighted by Crippen LogP contribution is -2.37. The SMILES string of the molecule is Cc1nc(C(=O)NC[C@H]2CC[C@@H](Oc3ccccc3)[C@@H]2O)co1. The fourth-order valence-electron chi connectivity index (χ4n) is 2.83. The first-order valence-corrected chi connectivity index (χ1v) is 7.73. The number of benzene rings is 1. The number of carbonyl (C=O) groups is 1. The maximum atomic E-state index is 11.9. The molecule has 6 nitrogen and oxygen atoms in total. The molecule has 6 heteroatoms. The number of aromatic nitrogens is 1. The van der Waals surface area contributed by atoms with Crippen molar-refractivity contribution < 1.29 is 19.1 Å². The van der Waals surface area contributed by atoms with Gasteiger partial charge in [0.15, 0.2) is 11.6 Å². The van der Waals surface area contributed by atoms with Crippen LogP contribution in [0.4, 0.5) is 0 Å². The summed E-state index contributed by atoms with van der Waals surface area (Å²) >= 11 is 0. The zero-order valence-corrected chi connectivity index (χ0v) is 12.9. The van der Waals surface area contributed by atoms with E-state index in [1.807, 2.05) is 30.3 Å². The summed E-state index contributed by atoms with van der Waals surface area (Å²) in [6, 6.07) is 9.45. The molecule has 2 N–H and O–H groups in total. The second-order valence-corrected chi connectivity index (χ2v) is 5.76. The summed E-state index contributed by atoms with van der Waals surface area (Å²) in [5, 5.41) is 13.2. The molecule has 1 fully saturated rings. The van der Waals surface area contributed by atoms with Gasteiger partial charge in [-0.2, -0.15) is 0 Å². The number of para-hydroxylation sites is 1. The fourth-order valence-corrected chi connectivity index (χ4v) is 2.83. The Morgan fingerprint density at radius 3 is 2.87 bits per heavy atom. The lowest BCUT2D eigenvalue weighted by atomic mass is 10.1. The number of nitrogens with zero attached hydrogens (tertiary/aromatic N) is 1. The molecule has 1 amide bonds. The molecule has 1 aromatic carbocycles. The second kappa shape index (κ2) is 6.83. The highest BCUT2D eigenvalue weighted by Crippen LogP contribution is 2.29. The summed E-state index contributed by atoms with van der Waals surface area (Å²) in [6.45, 7) is 2.07. The Labute approximate surface area is 134 Å². The highest BCUT2D eigenvalue weighted by atomic mass is 16.5. The molecule has 1 saturated carbocycles. The monoisotopic (exact) mass is 316 g/mol. The normalized spacial score (nSPS) is 23.7. The van der Waals surface area contributed by atoms with Crippen molar-refractivity contribution in [2.75, 3.05) is 6.54 Å². The van der Waals surface area contributed by atoms with E-state index in [-0.39, 0.29) is 23.6 Å². The van der Waals surface area contributed by atoms with Crippen LogP contribution < -0.4 is 10.1 Å². The van der Waals surface area contributed by atoms with Crippen LogP contribution in [0.1, 0.15) is 29.2 Å². The molecule has 1 aliphatic carbocycles. The molecule has 0 saturated heterocycles. The van der Waals surface area contributed by atoms with Gasteiger partial charge in [-0.1, -0.05) is 18.2 Å². The van der Waals surface area contributed by atoms with Gasteiger partial charge in [-0.15, -0.1) is 0 Å². The van der Waals surface area contributed by atoms with Gasteiger partial charge in [0.25, 0.3) is 5.91 Å². The Bertz CT molecular complexity index is 656. The van der Waals surface area contributed by atoms with Gasteiger partial charge in [-0.3, -0.25) is 4.79 Å². The number of ether oxygens (including phenoxy) is 1. The Kier molecular flexibility index (Phi) is 4.62. The second-order valence-electron chi connectivity index (χ2n) is 5.76. The molecule has 1 aliphatic rings. The van der Waals surface area contributed by atoms with Crippen LogP contribution in [0.5, 0.6) is 5.75 Å². The van der Waals surface area contributed by atoms with Gasteiger partial charge in [0.1, 0.15) is 18.1 Å². The van der Waals surface area contributed by atoms with Crippen LogP contribution in [0.15, 0.2) is 41.0 Å². The molecule has 122 valence electrons. The molecule has 3 atom stereocenters. The molecule has 0 bridgehead atoms. The predicted molar refractivity (Wildman–Crippen MR) is 83.2 cm³/mol. The van der Waals surface area contributed by atoms with E-state index in [2.05, 4.69) is 10.3 Å². The largest absolute Gasteiger partial charge is 0.488 e. The average molecular weight is 316 g/mol. The zero-order chi connectivity index (χ0) is 16.2. The number of aliphatic hydroxyl groups is 1. The quantitative estimate of drug-likeness (QED) is 0.880.